The van der Waals surface area contributed by atoms with Crippen molar-refractivity contribution in [2.45, 2.75) is 24.5 Å². The van der Waals surface area contributed by atoms with Crippen LogP contribution in [0.5, 0.6) is 0 Å². The van der Waals surface area contributed by atoms with Gasteiger partial charge in [0.25, 0.3) is 0 Å². The number of benzene rings is 2. The topological polar surface area (TPSA) is 72.7 Å². The number of hydrogen-bond acceptors (Lipinski definition) is 6. The van der Waals surface area contributed by atoms with Crippen LogP contribution >= 0.6 is 46.3 Å². The third-order valence-electron chi connectivity index (χ3n) is 4.80. The van der Waals surface area contributed by atoms with Gasteiger partial charge in [-0.25, -0.2) is 4.98 Å². The lowest BCUT2D eigenvalue weighted by Crippen LogP contribution is -2.14. The Morgan fingerprint density at radius 2 is 1.91 bits per heavy atom. The third kappa shape index (κ3) is 6.48. The van der Waals surface area contributed by atoms with Gasteiger partial charge in [-0.2, -0.15) is 0 Å². The lowest BCUT2D eigenvalue weighted by Gasteiger charge is -2.07. The molecular formula is C24H21Cl2N5OS2. The highest BCUT2D eigenvalue weighted by Crippen LogP contribution is 2.27. The molecule has 0 unspecified atom stereocenters. The summed E-state index contributed by atoms with van der Waals surface area (Å²) < 4.78 is 1.98. The maximum Gasteiger partial charge on any atom is 0.236 e. The summed E-state index contributed by atoms with van der Waals surface area (Å²) in [5, 5.41) is 13.8. The van der Waals surface area contributed by atoms with Crippen LogP contribution in [0.15, 0.2) is 72.5 Å². The minimum Gasteiger partial charge on any atom is -0.302 e. The highest BCUT2D eigenvalue weighted by molar-refractivity contribution is 7.99. The number of thiazole rings is 1. The zero-order valence-electron chi connectivity index (χ0n) is 18.1. The van der Waals surface area contributed by atoms with Crippen LogP contribution in [0.1, 0.15) is 21.8 Å². The minimum atomic E-state index is -0.154. The summed E-state index contributed by atoms with van der Waals surface area (Å²) in [6, 6.07) is 15.6. The van der Waals surface area contributed by atoms with Crippen molar-refractivity contribution in [3.8, 4) is 0 Å². The molecule has 0 aliphatic rings. The summed E-state index contributed by atoms with van der Waals surface area (Å²) in [4.78, 5) is 17.9. The number of halogens is 2. The van der Waals surface area contributed by atoms with Gasteiger partial charge in [-0.3, -0.25) is 4.79 Å². The Kier molecular flexibility index (Phi) is 8.39. The zero-order chi connectivity index (χ0) is 23.9. The Bertz CT molecular complexity index is 1290. The van der Waals surface area contributed by atoms with E-state index in [9.17, 15) is 4.79 Å². The number of hydrogen-bond donors (Lipinski definition) is 1. The Balaban J connectivity index is 1.34. The Morgan fingerprint density at radius 1 is 1.09 bits per heavy atom. The Labute approximate surface area is 216 Å². The quantitative estimate of drug-likeness (QED) is 0.197. The fourth-order valence-electron chi connectivity index (χ4n) is 3.23. The second-order valence-corrected chi connectivity index (χ2v) is 10.2. The normalized spacial score (nSPS) is 10.9. The van der Waals surface area contributed by atoms with E-state index in [1.165, 1.54) is 23.1 Å². The predicted molar refractivity (Wildman–Crippen MR) is 140 cm³/mol. The second kappa shape index (κ2) is 11.7. The molecule has 0 spiro atoms. The van der Waals surface area contributed by atoms with E-state index >= 15 is 0 Å². The van der Waals surface area contributed by atoms with Crippen LogP contribution in [0.3, 0.4) is 0 Å². The third-order valence-corrected chi connectivity index (χ3v) is 7.42. The van der Waals surface area contributed by atoms with Crippen molar-refractivity contribution in [1.29, 1.82) is 0 Å². The van der Waals surface area contributed by atoms with Gasteiger partial charge in [0.2, 0.25) is 5.91 Å². The molecule has 0 saturated carbocycles. The average Bonchev–Trinajstić information content (AvgIpc) is 3.42. The summed E-state index contributed by atoms with van der Waals surface area (Å²) in [6.07, 6.45) is 4.88. The number of aromatic nitrogens is 4. The number of amides is 1. The van der Waals surface area contributed by atoms with E-state index in [0.717, 1.165) is 21.8 Å². The van der Waals surface area contributed by atoms with Crippen LogP contribution in [0.2, 0.25) is 10.0 Å². The van der Waals surface area contributed by atoms with Crippen LogP contribution in [0, 0.1) is 0 Å². The maximum absolute atomic E-state index is 12.5. The molecular weight excluding hydrogens is 509 g/mol. The highest BCUT2D eigenvalue weighted by atomic mass is 35.5. The first-order valence-corrected chi connectivity index (χ1v) is 13.0. The van der Waals surface area contributed by atoms with Crippen molar-refractivity contribution in [1.82, 2.24) is 19.7 Å². The molecule has 2 aromatic carbocycles. The second-order valence-electron chi connectivity index (χ2n) is 7.35. The number of nitrogens with zero attached hydrogens (tertiary/aromatic N) is 4. The molecule has 4 aromatic rings. The first-order valence-electron chi connectivity index (χ1n) is 10.4. The predicted octanol–water partition coefficient (Wildman–Crippen LogP) is 6.14. The van der Waals surface area contributed by atoms with Gasteiger partial charge in [0.1, 0.15) is 5.82 Å². The van der Waals surface area contributed by atoms with Gasteiger partial charge in [-0.05, 0) is 23.3 Å². The fourth-order valence-corrected chi connectivity index (χ4v) is 5.18. The number of rotatable bonds is 10. The molecule has 0 atom stereocenters. The molecule has 1 amide bonds. The number of carbonyl (C=O) groups is 1. The summed E-state index contributed by atoms with van der Waals surface area (Å²) in [6.45, 7) is 4.40. The first kappa shape index (κ1) is 24.5. The van der Waals surface area contributed by atoms with Crippen LogP contribution in [-0.4, -0.2) is 31.4 Å². The maximum atomic E-state index is 12.5. The summed E-state index contributed by atoms with van der Waals surface area (Å²) in [5.74, 6) is 0.876. The molecule has 0 radical (unpaired) electrons. The molecule has 10 heteroatoms. The number of allylic oxidation sites excluding steroid dienone is 1. The molecule has 34 heavy (non-hydrogen) atoms. The zero-order valence-corrected chi connectivity index (χ0v) is 21.2. The van der Waals surface area contributed by atoms with Gasteiger partial charge in [0.15, 0.2) is 10.3 Å². The molecule has 0 saturated heterocycles. The SMILES string of the molecule is C=CCn1c(Cc2ccccc2)nnc1SCC(=O)Nc1ncc(Cc2ccc(Cl)c(Cl)c2)s1. The van der Waals surface area contributed by atoms with Crippen LogP contribution < -0.4 is 5.32 Å². The van der Waals surface area contributed by atoms with Gasteiger partial charge < -0.3 is 9.88 Å². The molecule has 1 N–H and O–H groups in total. The molecule has 2 heterocycles. The molecule has 0 aliphatic heterocycles. The van der Waals surface area contributed by atoms with E-state index in [-0.39, 0.29) is 11.7 Å². The minimum absolute atomic E-state index is 0.154. The van der Waals surface area contributed by atoms with Crippen LogP contribution in [0.4, 0.5) is 5.13 Å². The monoisotopic (exact) mass is 529 g/mol. The number of nitrogens with one attached hydrogen (secondary N) is 1. The fraction of sp³-hybridized carbons (Fsp3) is 0.167. The number of anilines is 1. The van der Waals surface area contributed by atoms with E-state index in [4.69, 9.17) is 23.2 Å². The Morgan fingerprint density at radius 3 is 2.68 bits per heavy atom. The molecule has 174 valence electrons. The van der Waals surface area contributed by atoms with E-state index in [1.807, 2.05) is 34.9 Å². The Hall–Kier alpha value is -2.65. The van der Waals surface area contributed by atoms with Crippen molar-refractivity contribution in [2.75, 3.05) is 11.1 Å². The molecule has 0 fully saturated rings. The van der Waals surface area contributed by atoms with E-state index in [2.05, 4.69) is 39.2 Å². The van der Waals surface area contributed by atoms with Gasteiger partial charge in [-0.1, -0.05) is 77.4 Å². The van der Waals surface area contributed by atoms with Crippen LogP contribution in [0.25, 0.3) is 0 Å². The largest absolute Gasteiger partial charge is 0.302 e. The number of thioether (sulfide) groups is 1. The van der Waals surface area contributed by atoms with E-state index < -0.39 is 0 Å². The summed E-state index contributed by atoms with van der Waals surface area (Å²) in [5.41, 5.74) is 2.18. The van der Waals surface area contributed by atoms with Gasteiger partial charge in [0, 0.05) is 30.5 Å². The molecule has 2 aromatic heterocycles. The van der Waals surface area contributed by atoms with Gasteiger partial charge in [0.05, 0.1) is 15.8 Å². The number of carbonyl (C=O) groups excluding carboxylic acids is 1. The van der Waals surface area contributed by atoms with E-state index in [0.29, 0.717) is 39.7 Å². The smallest absolute Gasteiger partial charge is 0.236 e. The average molecular weight is 531 g/mol. The van der Waals surface area contributed by atoms with Crippen molar-refractivity contribution < 1.29 is 4.79 Å². The van der Waals surface area contributed by atoms with Gasteiger partial charge in [-0.15, -0.1) is 28.1 Å². The summed E-state index contributed by atoms with van der Waals surface area (Å²) in [7, 11) is 0. The molecule has 6 nitrogen and oxygen atoms in total. The van der Waals surface area contributed by atoms with Crippen molar-refractivity contribution in [3.05, 3.63) is 99.3 Å². The lowest BCUT2D eigenvalue weighted by molar-refractivity contribution is -0.113. The molecule has 0 aliphatic carbocycles. The van der Waals surface area contributed by atoms with Crippen LogP contribution in [-0.2, 0) is 24.2 Å². The van der Waals surface area contributed by atoms with Gasteiger partial charge >= 0.3 is 0 Å². The van der Waals surface area contributed by atoms with E-state index in [1.54, 1.807) is 18.3 Å². The molecule has 0 bridgehead atoms. The van der Waals surface area contributed by atoms with Crippen molar-refractivity contribution >= 4 is 57.3 Å². The van der Waals surface area contributed by atoms with Crippen molar-refractivity contribution in [2.24, 2.45) is 0 Å². The lowest BCUT2D eigenvalue weighted by atomic mass is 10.1. The summed E-state index contributed by atoms with van der Waals surface area (Å²) >= 11 is 14.8. The highest BCUT2D eigenvalue weighted by Gasteiger charge is 2.15. The molecule has 4 rings (SSSR count). The standard InChI is InChI=1S/C24H21Cl2N5OS2/c1-2-10-31-21(13-16-6-4-3-5-7-16)29-30-24(31)33-15-22(32)28-23-27-14-18(34-23)11-17-8-9-19(25)20(26)12-17/h2-9,12,14H,1,10-11,13,15H2,(H,27,28,32). The van der Waals surface area contributed by atoms with Crippen molar-refractivity contribution in [3.63, 3.8) is 0 Å². The first-order chi connectivity index (χ1) is 16.5.